The Hall–Kier alpha value is -1.31. The van der Waals surface area contributed by atoms with E-state index >= 15 is 0 Å². The number of nitrogens with zero attached hydrogens (tertiary/aromatic N) is 2. The number of rotatable bonds is 0. The fraction of sp³-hybridized carbons (Fsp3) is 0. The van der Waals surface area contributed by atoms with Gasteiger partial charge >= 0.3 is 0 Å². The average molecular weight is 286 g/mol. The number of aromatic nitrogens is 1. The van der Waals surface area contributed by atoms with Gasteiger partial charge in [-0.25, -0.2) is 0 Å². The van der Waals surface area contributed by atoms with Crippen molar-refractivity contribution in [2.45, 2.75) is 0 Å². The second-order valence-electron chi connectivity index (χ2n) is 2.84. The Labute approximate surface area is 101 Å². The maximum atomic E-state index is 9.22. The van der Waals surface area contributed by atoms with Crippen LogP contribution in [0.2, 0.25) is 0 Å². The molecule has 0 amide bonds. The van der Waals surface area contributed by atoms with Gasteiger partial charge in [-0.1, -0.05) is 0 Å². The molecule has 76 valence electrons. The van der Waals surface area contributed by atoms with Gasteiger partial charge < -0.3 is 5.11 Å². The second-order valence-corrected chi connectivity index (χ2v) is 3.69. The maximum absolute atomic E-state index is 9.22. The van der Waals surface area contributed by atoms with Gasteiger partial charge in [0.2, 0.25) is 0 Å². The van der Waals surface area contributed by atoms with Crippen LogP contribution in [0.1, 0.15) is 5.56 Å². The zero-order valence-electron chi connectivity index (χ0n) is 7.44. The van der Waals surface area contributed by atoms with Crippen molar-refractivity contribution in [2.75, 3.05) is 0 Å². The fourth-order valence-electron chi connectivity index (χ4n) is 1.26. The van der Waals surface area contributed by atoms with Crippen molar-refractivity contribution in [2.24, 2.45) is 0 Å². The van der Waals surface area contributed by atoms with Crippen LogP contribution in [0.4, 0.5) is 0 Å². The van der Waals surface area contributed by atoms with Crippen LogP contribution >= 0.6 is 28.3 Å². The van der Waals surface area contributed by atoms with Crippen LogP contribution in [0, 0.1) is 11.3 Å². The van der Waals surface area contributed by atoms with Crippen molar-refractivity contribution in [3.8, 4) is 11.8 Å². The van der Waals surface area contributed by atoms with Crippen LogP contribution in [0.5, 0.6) is 5.75 Å². The number of hydrogen-bond acceptors (Lipinski definition) is 3. The van der Waals surface area contributed by atoms with E-state index in [1.54, 1.807) is 18.2 Å². The molecule has 0 aliphatic carbocycles. The van der Waals surface area contributed by atoms with Gasteiger partial charge in [-0.2, -0.15) is 5.26 Å². The highest BCUT2D eigenvalue weighted by molar-refractivity contribution is 9.10. The smallest absolute Gasteiger partial charge is 0.134 e. The predicted octanol–water partition coefficient (Wildman–Crippen LogP) is 3.00. The predicted molar refractivity (Wildman–Crippen MR) is 63.1 cm³/mol. The molecular formula is C10H6BrClN2O. The fourth-order valence-corrected chi connectivity index (χ4v) is 1.84. The van der Waals surface area contributed by atoms with Crippen molar-refractivity contribution >= 4 is 39.2 Å². The minimum atomic E-state index is 0. The first kappa shape index (κ1) is 11.8. The summed E-state index contributed by atoms with van der Waals surface area (Å²) in [6.07, 6.45) is 1.37. The Morgan fingerprint density at radius 3 is 2.73 bits per heavy atom. The molecule has 1 heterocycles. The number of benzene rings is 1. The van der Waals surface area contributed by atoms with E-state index in [0.29, 0.717) is 5.56 Å². The summed E-state index contributed by atoms with van der Waals surface area (Å²) in [7, 11) is 0. The van der Waals surface area contributed by atoms with E-state index in [0.717, 1.165) is 15.4 Å². The molecule has 0 fully saturated rings. The Balaban J connectivity index is 0.00000112. The molecule has 0 saturated heterocycles. The average Bonchev–Trinajstić information content (AvgIpc) is 2.16. The molecule has 0 unspecified atom stereocenters. The number of hydrogen-bond donors (Lipinski definition) is 1. The lowest BCUT2D eigenvalue weighted by Crippen LogP contribution is -1.82. The van der Waals surface area contributed by atoms with Gasteiger partial charge in [-0.05, 0) is 34.1 Å². The minimum absolute atomic E-state index is 0. The summed E-state index contributed by atoms with van der Waals surface area (Å²) in [5, 5.41) is 18.7. The maximum Gasteiger partial charge on any atom is 0.134 e. The van der Waals surface area contributed by atoms with E-state index in [1.165, 1.54) is 6.20 Å². The molecule has 0 spiro atoms. The third kappa shape index (κ3) is 2.20. The summed E-state index contributed by atoms with van der Waals surface area (Å²) < 4.78 is 0.756. The summed E-state index contributed by atoms with van der Waals surface area (Å²) in [5.41, 5.74) is 1.28. The molecule has 1 aromatic carbocycles. The van der Waals surface area contributed by atoms with Crippen molar-refractivity contribution in [1.29, 1.82) is 5.26 Å². The van der Waals surface area contributed by atoms with Crippen LogP contribution in [0.3, 0.4) is 0 Å². The van der Waals surface area contributed by atoms with E-state index in [1.807, 2.05) is 6.07 Å². The summed E-state index contributed by atoms with van der Waals surface area (Å²) in [4.78, 5) is 4.05. The molecule has 0 saturated carbocycles. The topological polar surface area (TPSA) is 56.9 Å². The SMILES string of the molecule is Cl.N#Cc1cc(Br)c2ncc(O)cc2c1. The van der Waals surface area contributed by atoms with Gasteiger partial charge in [0.1, 0.15) is 5.75 Å². The van der Waals surface area contributed by atoms with Crippen LogP contribution in [0.15, 0.2) is 28.9 Å². The molecule has 0 aliphatic heterocycles. The lowest BCUT2D eigenvalue weighted by molar-refractivity contribution is 0.474. The first-order valence-electron chi connectivity index (χ1n) is 3.89. The third-order valence-corrected chi connectivity index (χ3v) is 2.46. The first-order chi connectivity index (χ1) is 6.70. The first-order valence-corrected chi connectivity index (χ1v) is 4.68. The number of pyridine rings is 1. The monoisotopic (exact) mass is 284 g/mol. The number of aromatic hydroxyl groups is 1. The van der Waals surface area contributed by atoms with E-state index < -0.39 is 0 Å². The highest BCUT2D eigenvalue weighted by atomic mass is 79.9. The lowest BCUT2D eigenvalue weighted by Gasteiger charge is -2.00. The van der Waals surface area contributed by atoms with Crippen LogP contribution in [-0.4, -0.2) is 10.1 Å². The standard InChI is InChI=1S/C10H5BrN2O.ClH/c11-9-2-6(4-12)1-7-3-8(14)5-13-10(7)9;/h1-3,5,14H;1H. The van der Waals surface area contributed by atoms with Gasteiger partial charge in [0.05, 0.1) is 23.3 Å². The highest BCUT2D eigenvalue weighted by Gasteiger charge is 2.03. The second kappa shape index (κ2) is 4.47. The lowest BCUT2D eigenvalue weighted by atomic mass is 10.1. The third-order valence-electron chi connectivity index (χ3n) is 1.85. The zero-order chi connectivity index (χ0) is 10.1. The van der Waals surface area contributed by atoms with E-state index in [4.69, 9.17) is 5.26 Å². The Kier molecular flexibility index (Phi) is 3.51. The molecular weight excluding hydrogens is 279 g/mol. The Morgan fingerprint density at radius 1 is 1.33 bits per heavy atom. The molecule has 0 radical (unpaired) electrons. The van der Waals surface area contributed by atoms with Crippen LogP contribution < -0.4 is 0 Å². The van der Waals surface area contributed by atoms with E-state index in [2.05, 4.69) is 20.9 Å². The largest absolute Gasteiger partial charge is 0.506 e. The number of nitriles is 1. The van der Waals surface area contributed by atoms with Crippen LogP contribution in [0.25, 0.3) is 10.9 Å². The van der Waals surface area contributed by atoms with E-state index in [-0.39, 0.29) is 18.2 Å². The quantitative estimate of drug-likeness (QED) is 0.809. The van der Waals surface area contributed by atoms with Crippen molar-refractivity contribution < 1.29 is 5.11 Å². The Bertz CT molecular complexity index is 551. The van der Waals surface area contributed by atoms with Gasteiger partial charge in [0.15, 0.2) is 0 Å². The molecule has 15 heavy (non-hydrogen) atoms. The number of fused-ring (bicyclic) bond motifs is 1. The summed E-state index contributed by atoms with van der Waals surface area (Å²) in [5.74, 6) is 0.0967. The van der Waals surface area contributed by atoms with Crippen LogP contribution in [-0.2, 0) is 0 Å². The number of halogens is 2. The molecule has 3 nitrogen and oxygen atoms in total. The van der Waals surface area contributed by atoms with Gasteiger partial charge in [0, 0.05) is 9.86 Å². The summed E-state index contributed by atoms with van der Waals surface area (Å²) in [6, 6.07) is 7.01. The molecule has 0 aliphatic rings. The van der Waals surface area contributed by atoms with Gasteiger partial charge in [-0.15, -0.1) is 12.4 Å². The normalized spacial score (nSPS) is 9.33. The summed E-state index contributed by atoms with van der Waals surface area (Å²) >= 11 is 3.32. The molecule has 0 bridgehead atoms. The minimum Gasteiger partial charge on any atom is -0.506 e. The molecule has 5 heteroatoms. The van der Waals surface area contributed by atoms with Gasteiger partial charge in [-0.3, -0.25) is 4.98 Å². The molecule has 1 aromatic heterocycles. The summed E-state index contributed by atoms with van der Waals surface area (Å²) in [6.45, 7) is 0. The molecule has 2 rings (SSSR count). The molecule has 1 N–H and O–H groups in total. The highest BCUT2D eigenvalue weighted by Crippen LogP contribution is 2.25. The zero-order valence-corrected chi connectivity index (χ0v) is 9.84. The molecule has 0 atom stereocenters. The van der Waals surface area contributed by atoms with Crippen molar-refractivity contribution in [3.05, 3.63) is 34.4 Å². The van der Waals surface area contributed by atoms with Crippen molar-refractivity contribution in [1.82, 2.24) is 4.98 Å². The van der Waals surface area contributed by atoms with Gasteiger partial charge in [0.25, 0.3) is 0 Å². The Morgan fingerprint density at radius 2 is 2.07 bits per heavy atom. The van der Waals surface area contributed by atoms with Crippen molar-refractivity contribution in [3.63, 3.8) is 0 Å². The van der Waals surface area contributed by atoms with E-state index in [9.17, 15) is 5.11 Å². The molecule has 2 aromatic rings.